The van der Waals surface area contributed by atoms with Gasteiger partial charge in [-0.05, 0) is 13.0 Å². The maximum absolute atomic E-state index is 6.19. The van der Waals surface area contributed by atoms with Crippen molar-refractivity contribution in [1.29, 1.82) is 0 Å². The van der Waals surface area contributed by atoms with E-state index >= 15 is 0 Å². The number of pyridine rings is 1. The molecule has 1 saturated heterocycles. The minimum Gasteiger partial charge on any atom is -0.351 e. The fraction of sp³-hybridized carbons (Fsp3) is 0.500. The number of nitrogen functional groups attached to an aromatic ring is 1. The van der Waals surface area contributed by atoms with Gasteiger partial charge in [0.05, 0.1) is 10.0 Å². The van der Waals surface area contributed by atoms with Crippen LogP contribution < -0.4 is 16.2 Å². The highest BCUT2D eigenvalue weighted by molar-refractivity contribution is 7.99. The van der Waals surface area contributed by atoms with E-state index in [0.29, 0.717) is 21.9 Å². The summed E-state index contributed by atoms with van der Waals surface area (Å²) in [7, 11) is 0. The van der Waals surface area contributed by atoms with Crippen molar-refractivity contribution < 1.29 is 0 Å². The minimum atomic E-state index is 0.408. The molecule has 1 unspecified atom stereocenters. The summed E-state index contributed by atoms with van der Waals surface area (Å²) >= 11 is 14.1. The second-order valence-corrected chi connectivity index (χ2v) is 5.85. The average molecular weight is 293 g/mol. The molecule has 2 heterocycles. The Morgan fingerprint density at radius 2 is 2.29 bits per heavy atom. The van der Waals surface area contributed by atoms with Crippen LogP contribution in [0.25, 0.3) is 0 Å². The largest absolute Gasteiger partial charge is 0.351 e. The molecule has 1 aliphatic heterocycles. The summed E-state index contributed by atoms with van der Waals surface area (Å²) in [6.45, 7) is 3.10. The first kappa shape index (κ1) is 13.1. The van der Waals surface area contributed by atoms with Crippen LogP contribution in [0.15, 0.2) is 6.07 Å². The van der Waals surface area contributed by atoms with E-state index < -0.39 is 0 Å². The third kappa shape index (κ3) is 2.73. The maximum atomic E-state index is 6.19. The Bertz CT molecular complexity index is 416. The highest BCUT2D eigenvalue weighted by atomic mass is 35.5. The SMILES string of the molecule is CC1CSCCN1c1nc(NN)c(Cl)cc1Cl. The molecule has 4 nitrogen and oxygen atoms in total. The Balaban J connectivity index is 2.36. The number of nitrogens with zero attached hydrogens (tertiary/aromatic N) is 2. The summed E-state index contributed by atoms with van der Waals surface area (Å²) in [6, 6.07) is 2.08. The Hall–Kier alpha value is -0.360. The van der Waals surface area contributed by atoms with Gasteiger partial charge in [-0.3, -0.25) is 0 Å². The molecule has 1 aromatic heterocycles. The molecule has 1 atom stereocenters. The Morgan fingerprint density at radius 1 is 1.53 bits per heavy atom. The van der Waals surface area contributed by atoms with Gasteiger partial charge in [-0.15, -0.1) is 0 Å². The number of hydrogen-bond donors (Lipinski definition) is 2. The van der Waals surface area contributed by atoms with Crippen LogP contribution in [0.4, 0.5) is 11.6 Å². The minimum absolute atomic E-state index is 0.408. The van der Waals surface area contributed by atoms with E-state index in [2.05, 4.69) is 22.2 Å². The molecule has 0 radical (unpaired) electrons. The van der Waals surface area contributed by atoms with Crippen LogP contribution in [-0.4, -0.2) is 29.1 Å². The number of anilines is 2. The molecule has 0 aliphatic carbocycles. The molecule has 2 rings (SSSR count). The van der Waals surface area contributed by atoms with Crippen molar-refractivity contribution in [3.05, 3.63) is 16.1 Å². The Morgan fingerprint density at radius 3 is 2.94 bits per heavy atom. The number of rotatable bonds is 2. The predicted molar refractivity (Wildman–Crippen MR) is 76.2 cm³/mol. The van der Waals surface area contributed by atoms with Gasteiger partial charge in [0.2, 0.25) is 0 Å². The molecule has 94 valence electrons. The van der Waals surface area contributed by atoms with Crippen LogP contribution in [0.5, 0.6) is 0 Å². The van der Waals surface area contributed by atoms with Crippen molar-refractivity contribution in [2.24, 2.45) is 5.84 Å². The van der Waals surface area contributed by atoms with E-state index in [-0.39, 0.29) is 0 Å². The van der Waals surface area contributed by atoms with Crippen molar-refractivity contribution in [3.8, 4) is 0 Å². The first-order chi connectivity index (χ1) is 8.13. The van der Waals surface area contributed by atoms with Crippen LogP contribution >= 0.6 is 35.0 Å². The summed E-state index contributed by atoms with van der Waals surface area (Å²) in [5, 5.41) is 0.994. The van der Waals surface area contributed by atoms with Gasteiger partial charge in [-0.25, -0.2) is 10.8 Å². The van der Waals surface area contributed by atoms with Gasteiger partial charge >= 0.3 is 0 Å². The second kappa shape index (κ2) is 5.52. The molecule has 0 spiro atoms. The molecule has 0 amide bonds. The lowest BCUT2D eigenvalue weighted by molar-refractivity contribution is 0.690. The molecule has 0 saturated carbocycles. The lowest BCUT2D eigenvalue weighted by Crippen LogP contribution is -2.41. The van der Waals surface area contributed by atoms with Crippen LogP contribution in [0, 0.1) is 0 Å². The zero-order valence-electron chi connectivity index (χ0n) is 9.41. The summed E-state index contributed by atoms with van der Waals surface area (Å²) in [5.74, 6) is 8.73. The normalized spacial score (nSPS) is 20.5. The quantitative estimate of drug-likeness (QED) is 0.648. The van der Waals surface area contributed by atoms with E-state index in [0.717, 1.165) is 23.9 Å². The van der Waals surface area contributed by atoms with E-state index in [9.17, 15) is 0 Å². The summed E-state index contributed by atoms with van der Waals surface area (Å²) in [4.78, 5) is 6.57. The van der Waals surface area contributed by atoms with Crippen molar-refractivity contribution >= 4 is 46.6 Å². The predicted octanol–water partition coefficient (Wildman–Crippen LogP) is 2.62. The highest BCUT2D eigenvalue weighted by Gasteiger charge is 2.23. The number of hydrogen-bond acceptors (Lipinski definition) is 5. The van der Waals surface area contributed by atoms with E-state index in [4.69, 9.17) is 29.0 Å². The van der Waals surface area contributed by atoms with Gasteiger partial charge in [-0.1, -0.05) is 23.2 Å². The van der Waals surface area contributed by atoms with Gasteiger partial charge in [0.25, 0.3) is 0 Å². The first-order valence-electron chi connectivity index (χ1n) is 5.30. The number of hydrazine groups is 1. The van der Waals surface area contributed by atoms with E-state index in [1.54, 1.807) is 6.07 Å². The fourth-order valence-corrected chi connectivity index (χ4v) is 3.34. The number of nitrogens with two attached hydrogens (primary N) is 1. The molecule has 0 aromatic carbocycles. The average Bonchev–Trinajstić information content (AvgIpc) is 2.31. The Kier molecular flexibility index (Phi) is 4.25. The lowest BCUT2D eigenvalue weighted by atomic mass is 10.3. The Labute approximate surface area is 115 Å². The number of aromatic nitrogens is 1. The number of halogens is 2. The highest BCUT2D eigenvalue weighted by Crippen LogP contribution is 2.33. The van der Waals surface area contributed by atoms with Crippen molar-refractivity contribution in [2.45, 2.75) is 13.0 Å². The van der Waals surface area contributed by atoms with Crippen LogP contribution in [-0.2, 0) is 0 Å². The number of thioether (sulfide) groups is 1. The summed E-state index contributed by atoms with van der Waals surface area (Å²) in [6.07, 6.45) is 0. The number of nitrogens with one attached hydrogen (secondary N) is 1. The van der Waals surface area contributed by atoms with Gasteiger partial charge in [-0.2, -0.15) is 11.8 Å². The van der Waals surface area contributed by atoms with Crippen molar-refractivity contribution in [3.63, 3.8) is 0 Å². The molecule has 17 heavy (non-hydrogen) atoms. The van der Waals surface area contributed by atoms with Crippen molar-refractivity contribution in [2.75, 3.05) is 28.4 Å². The second-order valence-electron chi connectivity index (χ2n) is 3.89. The molecular formula is C10H14Cl2N4S. The zero-order chi connectivity index (χ0) is 12.4. The van der Waals surface area contributed by atoms with Gasteiger partial charge in [0.1, 0.15) is 5.82 Å². The molecule has 1 aliphatic rings. The first-order valence-corrected chi connectivity index (χ1v) is 7.21. The van der Waals surface area contributed by atoms with E-state index in [1.165, 1.54) is 0 Å². The zero-order valence-corrected chi connectivity index (χ0v) is 11.7. The van der Waals surface area contributed by atoms with Crippen LogP contribution in [0.1, 0.15) is 6.92 Å². The smallest absolute Gasteiger partial charge is 0.161 e. The summed E-state index contributed by atoms with van der Waals surface area (Å²) in [5.41, 5.74) is 2.48. The molecular weight excluding hydrogens is 279 g/mol. The van der Waals surface area contributed by atoms with Gasteiger partial charge in [0.15, 0.2) is 5.82 Å². The van der Waals surface area contributed by atoms with E-state index in [1.807, 2.05) is 11.8 Å². The maximum Gasteiger partial charge on any atom is 0.161 e. The molecule has 7 heteroatoms. The van der Waals surface area contributed by atoms with Gasteiger partial charge in [0, 0.05) is 24.1 Å². The van der Waals surface area contributed by atoms with Crippen LogP contribution in [0.2, 0.25) is 10.0 Å². The lowest BCUT2D eigenvalue weighted by Gasteiger charge is -2.34. The van der Waals surface area contributed by atoms with Crippen LogP contribution in [0.3, 0.4) is 0 Å². The molecule has 1 aromatic rings. The third-order valence-corrected chi connectivity index (χ3v) is 4.44. The standard InChI is InChI=1S/C10H14Cl2N4S/c1-6-5-17-3-2-16(6)10-8(12)4-7(11)9(14-10)15-13/h4,6H,2-3,5,13H2,1H3,(H,14,15). The monoisotopic (exact) mass is 292 g/mol. The fourth-order valence-electron chi connectivity index (χ4n) is 1.80. The molecule has 3 N–H and O–H groups in total. The van der Waals surface area contributed by atoms with Crippen molar-refractivity contribution in [1.82, 2.24) is 4.98 Å². The molecule has 0 bridgehead atoms. The molecule has 1 fully saturated rings. The van der Waals surface area contributed by atoms with Gasteiger partial charge < -0.3 is 10.3 Å². The summed E-state index contributed by atoms with van der Waals surface area (Å²) < 4.78 is 0. The topological polar surface area (TPSA) is 54.2 Å². The third-order valence-electron chi connectivity index (χ3n) is 2.69.